The zero-order chi connectivity index (χ0) is 24.1. The van der Waals surface area contributed by atoms with Crippen LogP contribution in [-0.2, 0) is 14.4 Å². The van der Waals surface area contributed by atoms with E-state index < -0.39 is 29.5 Å². The number of rotatable bonds is 10. The lowest BCUT2D eigenvalue weighted by Crippen LogP contribution is -2.32. The molecule has 8 nitrogen and oxygen atoms in total. The topological polar surface area (TPSA) is 113 Å². The SMILES string of the molecule is O=C(O)CCCCCN1C(=O)C(O)=C(C(=O)/C=C/c2ccccc2)[C@@H]1c1ccc2c(c1)OCO2. The van der Waals surface area contributed by atoms with Gasteiger partial charge >= 0.3 is 5.97 Å². The maximum Gasteiger partial charge on any atom is 0.303 e. The molecule has 2 N–H and O–H groups in total. The van der Waals surface area contributed by atoms with Gasteiger partial charge in [-0.1, -0.05) is 48.9 Å². The number of allylic oxidation sites excluding steroid dienone is 1. The second-order valence-electron chi connectivity index (χ2n) is 8.09. The van der Waals surface area contributed by atoms with Crippen LogP contribution in [0.1, 0.15) is 42.9 Å². The number of ether oxygens (including phenoxy) is 2. The highest BCUT2D eigenvalue weighted by Gasteiger charge is 2.43. The fourth-order valence-electron chi connectivity index (χ4n) is 4.13. The Bertz CT molecular complexity index is 1150. The van der Waals surface area contributed by atoms with E-state index in [1.807, 2.05) is 30.3 Å². The van der Waals surface area contributed by atoms with Crippen LogP contribution in [0.4, 0.5) is 0 Å². The van der Waals surface area contributed by atoms with E-state index in [9.17, 15) is 19.5 Å². The van der Waals surface area contributed by atoms with Crippen LogP contribution in [0.3, 0.4) is 0 Å². The Kier molecular flexibility index (Phi) is 6.96. The molecule has 0 unspecified atom stereocenters. The summed E-state index contributed by atoms with van der Waals surface area (Å²) in [5, 5.41) is 19.5. The standard InChI is InChI=1S/C26H25NO7/c28-19(12-10-17-7-3-1-4-8-17)23-24(18-11-13-20-21(15-18)34-16-33-20)27(26(32)25(23)31)14-6-2-5-9-22(29)30/h1,3-4,7-8,10-13,15,24,31H,2,5-6,9,14,16H2,(H,29,30)/b12-10+/t24-/m0/s1. The Morgan fingerprint density at radius 2 is 1.79 bits per heavy atom. The molecule has 4 rings (SSSR count). The molecule has 0 radical (unpaired) electrons. The van der Waals surface area contributed by atoms with Crippen LogP contribution >= 0.6 is 0 Å². The molecule has 176 valence electrons. The summed E-state index contributed by atoms with van der Waals surface area (Å²) in [5.74, 6) is -1.46. The molecule has 0 aliphatic carbocycles. The third kappa shape index (κ3) is 4.96. The summed E-state index contributed by atoms with van der Waals surface area (Å²) in [6.45, 7) is 0.350. The van der Waals surface area contributed by atoms with E-state index in [4.69, 9.17) is 14.6 Å². The lowest BCUT2D eigenvalue weighted by molar-refractivity contribution is -0.137. The summed E-state index contributed by atoms with van der Waals surface area (Å²) in [4.78, 5) is 38.4. The highest BCUT2D eigenvalue weighted by Crippen LogP contribution is 2.42. The molecule has 34 heavy (non-hydrogen) atoms. The largest absolute Gasteiger partial charge is 0.503 e. The van der Waals surface area contributed by atoms with Gasteiger partial charge in [0.1, 0.15) is 0 Å². The molecular weight excluding hydrogens is 438 g/mol. The van der Waals surface area contributed by atoms with Crippen molar-refractivity contribution in [2.24, 2.45) is 0 Å². The van der Waals surface area contributed by atoms with E-state index in [2.05, 4.69) is 0 Å². The van der Waals surface area contributed by atoms with Gasteiger partial charge < -0.3 is 24.6 Å². The second kappa shape index (κ2) is 10.2. The number of hydrogen-bond acceptors (Lipinski definition) is 6. The molecule has 0 aromatic heterocycles. The number of fused-ring (bicyclic) bond motifs is 1. The zero-order valence-electron chi connectivity index (χ0n) is 18.5. The number of aliphatic hydroxyl groups is 1. The fraction of sp³-hybridized carbons (Fsp3) is 0.269. The van der Waals surface area contributed by atoms with Crippen molar-refractivity contribution in [2.45, 2.75) is 31.7 Å². The number of aliphatic carboxylic acids is 1. The van der Waals surface area contributed by atoms with Crippen LogP contribution in [-0.4, -0.2) is 46.1 Å². The van der Waals surface area contributed by atoms with Gasteiger partial charge in [0.15, 0.2) is 23.0 Å². The first-order chi connectivity index (χ1) is 16.5. The van der Waals surface area contributed by atoms with Crippen molar-refractivity contribution in [1.29, 1.82) is 0 Å². The van der Waals surface area contributed by atoms with Crippen molar-refractivity contribution in [3.05, 3.63) is 77.1 Å². The van der Waals surface area contributed by atoms with Crippen molar-refractivity contribution in [3.8, 4) is 11.5 Å². The van der Waals surface area contributed by atoms with E-state index in [0.29, 0.717) is 36.3 Å². The van der Waals surface area contributed by atoms with Crippen molar-refractivity contribution in [2.75, 3.05) is 13.3 Å². The van der Waals surface area contributed by atoms with Gasteiger partial charge in [0.05, 0.1) is 11.6 Å². The first-order valence-electron chi connectivity index (χ1n) is 11.1. The smallest absolute Gasteiger partial charge is 0.303 e. The minimum Gasteiger partial charge on any atom is -0.503 e. The van der Waals surface area contributed by atoms with Gasteiger partial charge in [0.25, 0.3) is 5.91 Å². The van der Waals surface area contributed by atoms with Gasteiger partial charge in [-0.3, -0.25) is 14.4 Å². The van der Waals surface area contributed by atoms with Crippen LogP contribution in [0.25, 0.3) is 6.08 Å². The van der Waals surface area contributed by atoms with Crippen molar-refractivity contribution in [3.63, 3.8) is 0 Å². The highest BCUT2D eigenvalue weighted by molar-refractivity contribution is 6.14. The number of amides is 1. The molecule has 2 aliphatic heterocycles. The summed E-state index contributed by atoms with van der Waals surface area (Å²) < 4.78 is 10.8. The van der Waals surface area contributed by atoms with Crippen molar-refractivity contribution in [1.82, 2.24) is 4.90 Å². The number of carboxylic acids is 1. The van der Waals surface area contributed by atoms with Crippen LogP contribution in [0, 0.1) is 0 Å². The van der Waals surface area contributed by atoms with Crippen molar-refractivity contribution < 1.29 is 34.1 Å². The highest BCUT2D eigenvalue weighted by atomic mass is 16.7. The van der Waals surface area contributed by atoms with Crippen LogP contribution in [0.2, 0.25) is 0 Å². The van der Waals surface area contributed by atoms with E-state index in [1.54, 1.807) is 24.3 Å². The molecule has 1 amide bonds. The van der Waals surface area contributed by atoms with Gasteiger partial charge in [-0.25, -0.2) is 0 Å². The quantitative estimate of drug-likeness (QED) is 0.404. The normalized spacial score (nSPS) is 17.1. The average Bonchev–Trinajstić information content (AvgIpc) is 3.40. The first-order valence-corrected chi connectivity index (χ1v) is 11.1. The predicted molar refractivity (Wildman–Crippen MR) is 123 cm³/mol. The van der Waals surface area contributed by atoms with Gasteiger partial charge in [0.2, 0.25) is 6.79 Å². The zero-order valence-corrected chi connectivity index (χ0v) is 18.5. The number of hydrogen-bond donors (Lipinski definition) is 2. The van der Waals surface area contributed by atoms with Crippen LogP contribution in [0.15, 0.2) is 65.9 Å². The lowest BCUT2D eigenvalue weighted by Gasteiger charge is -2.26. The number of nitrogens with zero attached hydrogens (tertiary/aromatic N) is 1. The number of benzene rings is 2. The fourth-order valence-corrected chi connectivity index (χ4v) is 4.13. The molecule has 2 aromatic rings. The number of aliphatic hydroxyl groups excluding tert-OH is 1. The van der Waals surface area contributed by atoms with Crippen LogP contribution in [0.5, 0.6) is 11.5 Å². The van der Waals surface area contributed by atoms with E-state index in [0.717, 1.165) is 5.56 Å². The maximum absolute atomic E-state index is 13.2. The van der Waals surface area contributed by atoms with Gasteiger partial charge in [-0.15, -0.1) is 0 Å². The predicted octanol–water partition coefficient (Wildman–Crippen LogP) is 4.04. The van der Waals surface area contributed by atoms with Crippen molar-refractivity contribution >= 4 is 23.7 Å². The summed E-state index contributed by atoms with van der Waals surface area (Å²) in [5.41, 5.74) is 1.43. The molecule has 0 saturated heterocycles. The Morgan fingerprint density at radius 3 is 2.56 bits per heavy atom. The summed E-state index contributed by atoms with van der Waals surface area (Å²) in [6.07, 6.45) is 4.66. The molecule has 0 bridgehead atoms. The molecule has 2 heterocycles. The van der Waals surface area contributed by atoms with E-state index >= 15 is 0 Å². The molecule has 2 aromatic carbocycles. The summed E-state index contributed by atoms with van der Waals surface area (Å²) in [7, 11) is 0. The molecule has 2 aliphatic rings. The second-order valence-corrected chi connectivity index (χ2v) is 8.09. The minimum absolute atomic E-state index is 0.00147. The Hall–Kier alpha value is -4.07. The molecule has 8 heteroatoms. The molecule has 1 atom stereocenters. The lowest BCUT2D eigenvalue weighted by atomic mass is 9.95. The molecule has 0 spiro atoms. The average molecular weight is 463 g/mol. The van der Waals surface area contributed by atoms with E-state index in [1.165, 1.54) is 11.0 Å². The maximum atomic E-state index is 13.2. The minimum atomic E-state index is -0.868. The molecular formula is C26H25NO7. The monoisotopic (exact) mass is 463 g/mol. The Labute approximate surface area is 196 Å². The van der Waals surface area contributed by atoms with Crippen LogP contribution < -0.4 is 9.47 Å². The van der Waals surface area contributed by atoms with Gasteiger partial charge in [-0.2, -0.15) is 0 Å². The molecule has 0 saturated carbocycles. The third-order valence-electron chi connectivity index (χ3n) is 5.80. The first kappa shape index (κ1) is 23.1. The number of carboxylic acid groups (broad SMARTS) is 1. The third-order valence-corrected chi connectivity index (χ3v) is 5.80. The Morgan fingerprint density at radius 1 is 1.03 bits per heavy atom. The van der Waals surface area contributed by atoms with Gasteiger partial charge in [0, 0.05) is 13.0 Å². The number of unbranched alkanes of at least 4 members (excludes halogenated alkanes) is 2. The summed E-state index contributed by atoms with van der Waals surface area (Å²) >= 11 is 0. The summed E-state index contributed by atoms with van der Waals surface area (Å²) in [6, 6.07) is 13.6. The van der Waals surface area contributed by atoms with Gasteiger partial charge in [-0.05, 0) is 42.2 Å². The number of carbonyl (C=O) groups is 3. The number of ketones is 1. The Balaban J connectivity index is 1.61. The van der Waals surface area contributed by atoms with E-state index in [-0.39, 0.29) is 25.3 Å². The molecule has 0 fully saturated rings. The number of carbonyl (C=O) groups excluding carboxylic acids is 2.